The van der Waals surface area contributed by atoms with Crippen molar-refractivity contribution in [3.05, 3.63) is 19.9 Å². The zero-order chi connectivity index (χ0) is 5.28. The molecule has 0 N–H and O–H groups in total. The van der Waals surface area contributed by atoms with Gasteiger partial charge < -0.3 is 0 Å². The van der Waals surface area contributed by atoms with Crippen molar-refractivity contribution < 1.29 is 0 Å². The molecule has 0 saturated heterocycles. The second-order valence-electron chi connectivity index (χ2n) is 2.20. The summed E-state index contributed by atoms with van der Waals surface area (Å²) in [6, 6.07) is 0. The molecule has 1 heterocycles. The van der Waals surface area contributed by atoms with Crippen LogP contribution in [0.4, 0.5) is 0 Å². The van der Waals surface area contributed by atoms with Gasteiger partial charge in [-0.1, -0.05) is 0 Å². The van der Waals surface area contributed by atoms with E-state index in [0.717, 1.165) is 0 Å². The van der Waals surface area contributed by atoms with Crippen molar-refractivity contribution in [1.82, 2.24) is 0 Å². The van der Waals surface area contributed by atoms with Crippen LogP contribution in [0.5, 0.6) is 0 Å². The van der Waals surface area contributed by atoms with Gasteiger partial charge in [0.1, 0.15) is 0 Å². The van der Waals surface area contributed by atoms with Gasteiger partial charge in [0, 0.05) is 0 Å². The third kappa shape index (κ3) is 1.69. The first kappa shape index (κ1) is 6.02. The predicted octanol–water partition coefficient (Wildman–Crippen LogP) is -0.811. The van der Waals surface area contributed by atoms with Crippen LogP contribution in [0.25, 0.3) is 0 Å². The molecule has 0 aromatic rings. The Labute approximate surface area is 64.7 Å². The zero-order valence-electron chi connectivity index (χ0n) is 4.86. The molecule has 0 aromatic heterocycles. The van der Waals surface area contributed by atoms with Gasteiger partial charge >= 0.3 is 64.8 Å². The van der Waals surface area contributed by atoms with E-state index in [9.17, 15) is 0 Å². The number of hydrogen-bond donors (Lipinski definition) is 0. The van der Waals surface area contributed by atoms with Crippen molar-refractivity contribution in [2.24, 2.45) is 0 Å². The molecule has 0 unspecified atom stereocenters. The molecule has 3 heteroatoms. The third-order valence-corrected chi connectivity index (χ3v) is 2.80. The molecule has 1 rings (SSSR count). The van der Waals surface area contributed by atoms with Crippen LogP contribution in [-0.4, -0.2) is 44.9 Å². The fraction of sp³-hybridized carbons (Fsp3) is 0. The summed E-state index contributed by atoms with van der Waals surface area (Å²) in [5, 5.41) is 0. The van der Waals surface area contributed by atoms with Gasteiger partial charge in [0.2, 0.25) is 0 Å². The van der Waals surface area contributed by atoms with Crippen LogP contribution < -0.4 is 0 Å². The summed E-state index contributed by atoms with van der Waals surface area (Å²) in [6.07, 6.45) is 4.48. The van der Waals surface area contributed by atoms with Crippen molar-refractivity contribution in [2.75, 3.05) is 0 Å². The Morgan fingerprint density at radius 3 is 1.71 bits per heavy atom. The first-order chi connectivity index (χ1) is 3.29. The fourth-order valence-corrected chi connectivity index (χ4v) is 2.19. The summed E-state index contributed by atoms with van der Waals surface area (Å²) in [5.74, 6) is 0. The van der Waals surface area contributed by atoms with E-state index < -0.39 is 0 Å². The summed E-state index contributed by atoms with van der Waals surface area (Å²) in [4.78, 5) is 0. The van der Waals surface area contributed by atoms with E-state index in [1.807, 2.05) is 0 Å². The quantitative estimate of drug-likeness (QED) is 0.344. The third-order valence-electron chi connectivity index (χ3n) is 1.21. The van der Waals surface area contributed by atoms with Crippen LogP contribution in [0.1, 0.15) is 0 Å². The molecule has 0 atom stereocenters. The van der Waals surface area contributed by atoms with E-state index in [2.05, 4.69) is 47.6 Å². The molecular weight excluding hydrogens is 90.0 g/mol. The first-order valence-electron chi connectivity index (χ1n) is 2.62. The molecule has 0 saturated carbocycles. The number of rotatable bonds is 0. The van der Waals surface area contributed by atoms with Crippen LogP contribution in [0, 0.1) is 0 Å². The Hall–Kier alpha value is 0.892. The second kappa shape index (κ2) is 2.44. The summed E-state index contributed by atoms with van der Waals surface area (Å²) < 4.78 is 3.25. The van der Waals surface area contributed by atoms with Crippen molar-refractivity contribution in [2.45, 2.75) is 0 Å². The topological polar surface area (TPSA) is 0 Å². The summed E-state index contributed by atoms with van der Waals surface area (Å²) in [5.41, 5.74) is 0. The Morgan fingerprint density at radius 1 is 1.14 bits per heavy atom. The van der Waals surface area contributed by atoms with Gasteiger partial charge in [-0.15, -0.1) is 0 Å². The van der Waals surface area contributed by atoms with Gasteiger partial charge in [0.25, 0.3) is 0 Å². The van der Waals surface area contributed by atoms with E-state index in [1.165, 1.54) is 0 Å². The molecule has 0 aromatic carbocycles. The summed E-state index contributed by atoms with van der Waals surface area (Å²) in [7, 11) is 0.114. The Bertz CT molecular complexity index is 121. The van der Waals surface area contributed by atoms with Gasteiger partial charge in [0.15, 0.2) is 0 Å². The van der Waals surface area contributed by atoms with Crippen LogP contribution in [-0.2, 0) is 0 Å². The van der Waals surface area contributed by atoms with Crippen molar-refractivity contribution in [3.8, 4) is 0 Å². The molecule has 1 aliphatic rings. The molecule has 0 nitrogen and oxygen atoms in total. The van der Waals surface area contributed by atoms with Crippen molar-refractivity contribution in [1.29, 1.82) is 0 Å². The van der Waals surface area contributed by atoms with Crippen LogP contribution in [0.15, 0.2) is 19.9 Å². The van der Waals surface area contributed by atoms with Crippen LogP contribution in [0.2, 0.25) is 0 Å². The van der Waals surface area contributed by atoms with Crippen LogP contribution >= 0.6 is 0 Å². The molecular formula is C4H4Li2Si. The fourth-order valence-electron chi connectivity index (χ4n) is 0.842. The Kier molecular flexibility index (Phi) is 2.10. The second-order valence-corrected chi connectivity index (χ2v) is 4.79. The average molecular weight is 94.0 g/mol. The van der Waals surface area contributed by atoms with Gasteiger partial charge in [-0.05, 0) is 0 Å². The number of hydrogen-bond acceptors (Lipinski definition) is 0. The molecule has 0 spiro atoms. The van der Waals surface area contributed by atoms with E-state index >= 15 is 0 Å². The summed E-state index contributed by atoms with van der Waals surface area (Å²) >= 11 is 4.44. The van der Waals surface area contributed by atoms with Crippen molar-refractivity contribution in [3.63, 3.8) is 0 Å². The zero-order valence-corrected chi connectivity index (χ0v) is 6.28. The minimum atomic E-state index is 0.114. The maximum absolute atomic E-state index is 2.24. The minimum absolute atomic E-state index is 0.114. The predicted molar refractivity (Wildman–Crippen MR) is 36.2 cm³/mol. The SMILES string of the molecule is [Li][C]1=CC=[C]([Li])[SiH2]1. The first-order valence-corrected chi connectivity index (χ1v) is 4.03. The van der Waals surface area contributed by atoms with E-state index in [1.54, 1.807) is 7.74 Å². The average Bonchev–Trinajstić information content (AvgIpc) is 1.87. The summed E-state index contributed by atoms with van der Waals surface area (Å²) in [6.45, 7) is 0. The molecule has 26 valence electrons. The molecule has 1 aliphatic heterocycles. The Morgan fingerprint density at radius 2 is 1.57 bits per heavy atom. The van der Waals surface area contributed by atoms with Crippen LogP contribution in [0.3, 0.4) is 0 Å². The molecule has 0 bridgehead atoms. The Balaban J connectivity index is 2.61. The van der Waals surface area contributed by atoms with E-state index in [4.69, 9.17) is 0 Å². The monoisotopic (exact) mass is 94.0 g/mol. The standard InChI is InChI=1S/C4H4Si.2Li/c1-2-4-5-3-1;;/h1-2H,5H2;;. The van der Waals surface area contributed by atoms with E-state index in [-0.39, 0.29) is 9.52 Å². The molecule has 0 radical (unpaired) electrons. The van der Waals surface area contributed by atoms with E-state index in [0.29, 0.717) is 0 Å². The normalized spacial score (nSPS) is 19.4. The maximum atomic E-state index is 2.24. The molecule has 0 aliphatic carbocycles. The molecule has 0 amide bonds. The molecule has 7 heavy (non-hydrogen) atoms. The van der Waals surface area contributed by atoms with Gasteiger partial charge in [-0.3, -0.25) is 0 Å². The molecule has 0 fully saturated rings. The van der Waals surface area contributed by atoms with Crippen molar-refractivity contribution >= 4 is 44.9 Å². The number of allylic oxidation sites excluding steroid dienone is 2. The van der Waals surface area contributed by atoms with Gasteiger partial charge in [-0.2, -0.15) is 0 Å². The van der Waals surface area contributed by atoms with Gasteiger partial charge in [-0.25, -0.2) is 0 Å². The van der Waals surface area contributed by atoms with Gasteiger partial charge in [0.05, 0.1) is 0 Å².